The van der Waals surface area contributed by atoms with Crippen molar-refractivity contribution in [2.75, 3.05) is 13.1 Å². The summed E-state index contributed by atoms with van der Waals surface area (Å²) < 4.78 is 5.36. The number of nitrogens with zero attached hydrogens (tertiary/aromatic N) is 1. The van der Waals surface area contributed by atoms with Crippen molar-refractivity contribution < 1.29 is 9.53 Å². The lowest BCUT2D eigenvalue weighted by molar-refractivity contribution is 0.116. The summed E-state index contributed by atoms with van der Waals surface area (Å²) in [6.07, 6.45) is 4.69. The van der Waals surface area contributed by atoms with Gasteiger partial charge in [-0.3, -0.25) is 4.90 Å². The standard InChI is InChI=1S/C10H16N2O2/c13-10-12(7-2-1-3-7)8-4-5-11-6-9(8)14-10/h7-9,11H,1-6H2. The van der Waals surface area contributed by atoms with E-state index in [0.29, 0.717) is 12.1 Å². The SMILES string of the molecule is O=C1OC2CNCCC2N1C1CCC1. The molecule has 4 heteroatoms. The minimum absolute atomic E-state index is 0.0756. The molecule has 0 radical (unpaired) electrons. The first-order chi connectivity index (χ1) is 6.86. The van der Waals surface area contributed by atoms with Crippen LogP contribution in [-0.2, 0) is 4.74 Å². The van der Waals surface area contributed by atoms with Gasteiger partial charge in [0.2, 0.25) is 0 Å². The highest BCUT2D eigenvalue weighted by Crippen LogP contribution is 2.34. The summed E-state index contributed by atoms with van der Waals surface area (Å²) in [6.45, 7) is 1.85. The summed E-state index contributed by atoms with van der Waals surface area (Å²) in [7, 11) is 0. The first-order valence-corrected chi connectivity index (χ1v) is 5.56. The molecule has 0 spiro atoms. The lowest BCUT2D eigenvalue weighted by atomic mass is 9.89. The number of rotatable bonds is 1. The molecule has 78 valence electrons. The van der Waals surface area contributed by atoms with Gasteiger partial charge in [-0.1, -0.05) is 0 Å². The Labute approximate surface area is 83.6 Å². The molecule has 2 atom stereocenters. The van der Waals surface area contributed by atoms with E-state index >= 15 is 0 Å². The molecule has 0 aromatic rings. The smallest absolute Gasteiger partial charge is 0.410 e. The summed E-state index contributed by atoms with van der Waals surface area (Å²) in [5.74, 6) is 0. The fourth-order valence-corrected chi connectivity index (χ4v) is 2.67. The zero-order valence-electron chi connectivity index (χ0n) is 8.24. The molecule has 14 heavy (non-hydrogen) atoms. The molecule has 2 heterocycles. The van der Waals surface area contributed by atoms with Crippen LogP contribution < -0.4 is 5.32 Å². The predicted octanol–water partition coefficient (Wildman–Crippen LogP) is 0.722. The van der Waals surface area contributed by atoms with Crippen LogP contribution in [0.25, 0.3) is 0 Å². The summed E-state index contributed by atoms with van der Waals surface area (Å²) in [5, 5.41) is 3.27. The molecule has 1 N–H and O–H groups in total. The van der Waals surface area contributed by atoms with Gasteiger partial charge in [0, 0.05) is 12.6 Å². The van der Waals surface area contributed by atoms with Gasteiger partial charge in [0.15, 0.2) is 0 Å². The van der Waals surface area contributed by atoms with E-state index in [1.807, 2.05) is 4.90 Å². The fraction of sp³-hybridized carbons (Fsp3) is 0.900. The van der Waals surface area contributed by atoms with Crippen LogP contribution in [0, 0.1) is 0 Å². The Bertz CT molecular complexity index is 253. The summed E-state index contributed by atoms with van der Waals surface area (Å²) in [4.78, 5) is 13.7. The van der Waals surface area contributed by atoms with Gasteiger partial charge in [0.25, 0.3) is 0 Å². The number of nitrogens with one attached hydrogen (secondary N) is 1. The summed E-state index contributed by atoms with van der Waals surface area (Å²) in [6, 6.07) is 0.838. The van der Waals surface area contributed by atoms with Crippen molar-refractivity contribution >= 4 is 6.09 Å². The largest absolute Gasteiger partial charge is 0.443 e. The summed E-state index contributed by atoms with van der Waals surface area (Å²) in [5.41, 5.74) is 0. The van der Waals surface area contributed by atoms with Crippen molar-refractivity contribution in [3.63, 3.8) is 0 Å². The molecule has 1 saturated carbocycles. The number of carbonyl (C=O) groups is 1. The Morgan fingerprint density at radius 3 is 2.93 bits per heavy atom. The third-order valence-corrected chi connectivity index (χ3v) is 3.68. The van der Waals surface area contributed by atoms with Crippen molar-refractivity contribution in [3.05, 3.63) is 0 Å². The first kappa shape index (κ1) is 8.53. The van der Waals surface area contributed by atoms with Gasteiger partial charge in [0.05, 0.1) is 6.04 Å². The van der Waals surface area contributed by atoms with Gasteiger partial charge in [-0.25, -0.2) is 4.79 Å². The maximum absolute atomic E-state index is 11.7. The van der Waals surface area contributed by atoms with Gasteiger partial charge in [-0.15, -0.1) is 0 Å². The zero-order valence-corrected chi connectivity index (χ0v) is 8.24. The normalized spacial score (nSPS) is 37.7. The molecule has 0 aromatic carbocycles. The molecule has 2 unspecified atom stereocenters. The number of ether oxygens (including phenoxy) is 1. The second kappa shape index (κ2) is 3.12. The average molecular weight is 196 g/mol. The zero-order chi connectivity index (χ0) is 9.54. The Morgan fingerprint density at radius 2 is 2.21 bits per heavy atom. The third kappa shape index (κ3) is 1.13. The quantitative estimate of drug-likeness (QED) is 0.672. The van der Waals surface area contributed by atoms with Crippen LogP contribution in [-0.4, -0.2) is 42.3 Å². The minimum atomic E-state index is -0.0756. The van der Waals surface area contributed by atoms with Gasteiger partial charge in [-0.05, 0) is 32.2 Å². The van der Waals surface area contributed by atoms with Crippen LogP contribution in [0.3, 0.4) is 0 Å². The molecule has 3 fully saturated rings. The maximum atomic E-state index is 11.7. The van der Waals surface area contributed by atoms with Crippen molar-refractivity contribution in [1.29, 1.82) is 0 Å². The van der Waals surface area contributed by atoms with Crippen LogP contribution >= 0.6 is 0 Å². The number of hydrogen-bond donors (Lipinski definition) is 1. The highest BCUT2D eigenvalue weighted by atomic mass is 16.6. The van der Waals surface area contributed by atoms with Gasteiger partial charge >= 0.3 is 6.09 Å². The Kier molecular flexibility index (Phi) is 1.90. The first-order valence-electron chi connectivity index (χ1n) is 5.56. The topological polar surface area (TPSA) is 41.6 Å². The van der Waals surface area contributed by atoms with E-state index in [1.165, 1.54) is 19.3 Å². The molecule has 0 bridgehead atoms. The van der Waals surface area contributed by atoms with Crippen molar-refractivity contribution in [1.82, 2.24) is 10.2 Å². The van der Waals surface area contributed by atoms with Crippen LogP contribution in [0.1, 0.15) is 25.7 Å². The van der Waals surface area contributed by atoms with Gasteiger partial charge < -0.3 is 10.1 Å². The van der Waals surface area contributed by atoms with Crippen LogP contribution in [0.15, 0.2) is 0 Å². The lowest BCUT2D eigenvalue weighted by Crippen LogP contribution is -2.52. The minimum Gasteiger partial charge on any atom is -0.443 e. The van der Waals surface area contributed by atoms with Gasteiger partial charge in [0.1, 0.15) is 6.10 Å². The molecular formula is C10H16N2O2. The number of hydrogen-bond acceptors (Lipinski definition) is 3. The second-order valence-electron chi connectivity index (χ2n) is 4.47. The van der Waals surface area contributed by atoms with E-state index in [1.54, 1.807) is 0 Å². The second-order valence-corrected chi connectivity index (χ2v) is 4.47. The molecule has 1 aliphatic carbocycles. The third-order valence-electron chi connectivity index (χ3n) is 3.68. The fourth-order valence-electron chi connectivity index (χ4n) is 2.67. The molecular weight excluding hydrogens is 180 g/mol. The van der Waals surface area contributed by atoms with Crippen LogP contribution in [0.2, 0.25) is 0 Å². The van der Waals surface area contributed by atoms with Crippen molar-refractivity contribution in [2.24, 2.45) is 0 Å². The van der Waals surface area contributed by atoms with Crippen molar-refractivity contribution in [2.45, 2.75) is 43.9 Å². The van der Waals surface area contributed by atoms with Crippen LogP contribution in [0.5, 0.6) is 0 Å². The van der Waals surface area contributed by atoms with E-state index in [9.17, 15) is 4.79 Å². The van der Waals surface area contributed by atoms with E-state index < -0.39 is 0 Å². The van der Waals surface area contributed by atoms with Gasteiger partial charge in [-0.2, -0.15) is 0 Å². The Hall–Kier alpha value is -0.770. The summed E-state index contributed by atoms with van der Waals surface area (Å²) >= 11 is 0. The predicted molar refractivity (Wildman–Crippen MR) is 51.0 cm³/mol. The van der Waals surface area contributed by atoms with E-state index in [0.717, 1.165) is 19.5 Å². The maximum Gasteiger partial charge on any atom is 0.410 e. The van der Waals surface area contributed by atoms with E-state index in [-0.39, 0.29) is 12.2 Å². The monoisotopic (exact) mass is 196 g/mol. The van der Waals surface area contributed by atoms with E-state index in [4.69, 9.17) is 4.74 Å². The molecule has 2 saturated heterocycles. The number of fused-ring (bicyclic) bond motifs is 1. The van der Waals surface area contributed by atoms with Crippen LogP contribution in [0.4, 0.5) is 4.79 Å². The Balaban J connectivity index is 1.77. The highest BCUT2D eigenvalue weighted by molar-refractivity contribution is 5.71. The number of carbonyl (C=O) groups excluding carboxylic acids is 1. The molecule has 3 aliphatic rings. The van der Waals surface area contributed by atoms with E-state index in [2.05, 4.69) is 5.32 Å². The molecule has 3 rings (SSSR count). The molecule has 1 amide bonds. The van der Waals surface area contributed by atoms with Crippen molar-refractivity contribution in [3.8, 4) is 0 Å². The lowest BCUT2D eigenvalue weighted by Gasteiger charge is -2.38. The molecule has 4 nitrogen and oxygen atoms in total. The number of amides is 1. The molecule has 0 aromatic heterocycles. The molecule has 2 aliphatic heterocycles. The highest BCUT2D eigenvalue weighted by Gasteiger charge is 2.47. The Morgan fingerprint density at radius 1 is 1.36 bits per heavy atom. The average Bonchev–Trinajstić information content (AvgIpc) is 2.41. The number of piperidine rings is 1.